The molecule has 0 saturated carbocycles. The van der Waals surface area contributed by atoms with Crippen LogP contribution in [0.25, 0.3) is 0 Å². The molecule has 1 unspecified atom stereocenters. The lowest BCUT2D eigenvalue weighted by molar-refractivity contribution is 0.211. The number of hydrogen-bond acceptors (Lipinski definition) is 6. The number of benzene rings is 1. The molecular formula is C22H30FN5O. The number of aliphatic hydroxyl groups is 1. The number of anilines is 2. The summed E-state index contributed by atoms with van der Waals surface area (Å²) < 4.78 is 13.1. The van der Waals surface area contributed by atoms with Crippen molar-refractivity contribution in [2.45, 2.75) is 50.7 Å². The van der Waals surface area contributed by atoms with Crippen molar-refractivity contribution in [2.75, 3.05) is 36.5 Å². The first-order valence-corrected chi connectivity index (χ1v) is 10.6. The van der Waals surface area contributed by atoms with Crippen LogP contribution in [0, 0.1) is 5.82 Å². The van der Waals surface area contributed by atoms with Crippen LogP contribution in [-0.2, 0) is 6.54 Å². The molecule has 2 aliphatic heterocycles. The molecule has 156 valence electrons. The van der Waals surface area contributed by atoms with Crippen molar-refractivity contribution >= 4 is 11.6 Å². The predicted octanol–water partition coefficient (Wildman–Crippen LogP) is 3.04. The van der Waals surface area contributed by atoms with Gasteiger partial charge in [-0.25, -0.2) is 14.4 Å². The maximum absolute atomic E-state index is 13.1. The summed E-state index contributed by atoms with van der Waals surface area (Å²) in [6, 6.07) is 9.34. The second-order valence-electron chi connectivity index (χ2n) is 8.11. The van der Waals surface area contributed by atoms with Gasteiger partial charge in [-0.3, -0.25) is 4.90 Å². The van der Waals surface area contributed by atoms with Gasteiger partial charge in [0.05, 0.1) is 12.6 Å². The Morgan fingerprint density at radius 3 is 2.59 bits per heavy atom. The summed E-state index contributed by atoms with van der Waals surface area (Å²) in [4.78, 5) is 13.5. The molecule has 0 bridgehead atoms. The van der Waals surface area contributed by atoms with Gasteiger partial charge in [-0.2, -0.15) is 0 Å². The first-order chi connectivity index (χ1) is 14.2. The Kier molecular flexibility index (Phi) is 6.56. The van der Waals surface area contributed by atoms with E-state index in [9.17, 15) is 9.50 Å². The third kappa shape index (κ3) is 5.22. The van der Waals surface area contributed by atoms with E-state index in [4.69, 9.17) is 0 Å². The summed E-state index contributed by atoms with van der Waals surface area (Å²) in [5, 5.41) is 13.2. The molecular weight excluding hydrogens is 369 g/mol. The van der Waals surface area contributed by atoms with Crippen LogP contribution in [0.3, 0.4) is 0 Å². The Morgan fingerprint density at radius 2 is 1.83 bits per heavy atom. The number of aliphatic hydroxyl groups excluding tert-OH is 1. The molecule has 2 aliphatic rings. The average molecular weight is 400 g/mol. The number of nitrogens with one attached hydrogen (secondary N) is 1. The molecule has 2 aromatic rings. The average Bonchev–Trinajstić information content (AvgIpc) is 2.77. The maximum atomic E-state index is 13.1. The van der Waals surface area contributed by atoms with Crippen molar-refractivity contribution in [3.63, 3.8) is 0 Å². The molecule has 0 radical (unpaired) electrons. The minimum atomic E-state index is -0.184. The standard InChI is InChI=1S/C22H30FN5O/c23-18-6-4-17(5-7-18)14-27-11-8-19(9-12-27)26-21-13-22(25-16-24-21)28-10-2-1-3-20(28)15-29/h4-7,13,16,19-20,29H,1-3,8-12,14-15H2,(H,24,25,26). The molecule has 3 heterocycles. The molecule has 29 heavy (non-hydrogen) atoms. The lowest BCUT2D eigenvalue weighted by atomic mass is 10.0. The summed E-state index contributed by atoms with van der Waals surface area (Å²) >= 11 is 0. The molecule has 7 heteroatoms. The predicted molar refractivity (Wildman–Crippen MR) is 112 cm³/mol. The van der Waals surface area contributed by atoms with Crippen LogP contribution in [0.1, 0.15) is 37.7 Å². The van der Waals surface area contributed by atoms with Gasteiger partial charge < -0.3 is 15.3 Å². The monoisotopic (exact) mass is 399 g/mol. The van der Waals surface area contributed by atoms with Crippen molar-refractivity contribution in [3.05, 3.63) is 48.0 Å². The van der Waals surface area contributed by atoms with Gasteiger partial charge in [0.15, 0.2) is 0 Å². The Bertz CT molecular complexity index is 779. The van der Waals surface area contributed by atoms with Crippen LogP contribution in [0.15, 0.2) is 36.7 Å². The SMILES string of the molecule is OCC1CCCCN1c1cc(NC2CCN(Cc3ccc(F)cc3)CC2)ncn1. The number of piperidine rings is 2. The second-order valence-corrected chi connectivity index (χ2v) is 8.11. The van der Waals surface area contributed by atoms with E-state index in [1.54, 1.807) is 6.33 Å². The number of rotatable bonds is 6. The van der Waals surface area contributed by atoms with Crippen LogP contribution in [-0.4, -0.2) is 58.3 Å². The van der Waals surface area contributed by atoms with Gasteiger partial charge in [0, 0.05) is 38.3 Å². The largest absolute Gasteiger partial charge is 0.394 e. The maximum Gasteiger partial charge on any atom is 0.134 e. The van der Waals surface area contributed by atoms with E-state index in [0.717, 1.165) is 75.5 Å². The molecule has 2 fully saturated rings. The third-order valence-corrected chi connectivity index (χ3v) is 6.04. The quantitative estimate of drug-likeness (QED) is 0.779. The Labute approximate surface area is 171 Å². The molecule has 1 atom stereocenters. The molecule has 2 N–H and O–H groups in total. The Hall–Kier alpha value is -2.25. The Balaban J connectivity index is 1.31. The molecule has 1 aromatic heterocycles. The Morgan fingerprint density at radius 1 is 1.03 bits per heavy atom. The summed E-state index contributed by atoms with van der Waals surface area (Å²) in [7, 11) is 0. The molecule has 0 aliphatic carbocycles. The summed E-state index contributed by atoms with van der Waals surface area (Å²) in [6.07, 6.45) is 7.01. The first kappa shape index (κ1) is 20.0. The zero-order chi connectivity index (χ0) is 20.1. The third-order valence-electron chi connectivity index (χ3n) is 6.04. The normalized spacial score (nSPS) is 21.3. The molecule has 0 spiro atoms. The van der Waals surface area contributed by atoms with E-state index < -0.39 is 0 Å². The zero-order valence-corrected chi connectivity index (χ0v) is 16.8. The van der Waals surface area contributed by atoms with E-state index in [1.165, 1.54) is 12.1 Å². The number of hydrogen-bond donors (Lipinski definition) is 2. The van der Waals surface area contributed by atoms with Gasteiger partial charge in [-0.05, 0) is 49.8 Å². The van der Waals surface area contributed by atoms with E-state index in [2.05, 4.69) is 25.1 Å². The van der Waals surface area contributed by atoms with Crippen molar-refractivity contribution in [1.82, 2.24) is 14.9 Å². The minimum Gasteiger partial charge on any atom is -0.394 e. The summed E-state index contributed by atoms with van der Waals surface area (Å²) in [6.45, 7) is 3.97. The molecule has 4 rings (SSSR count). The van der Waals surface area contributed by atoms with Crippen molar-refractivity contribution in [1.29, 1.82) is 0 Å². The van der Waals surface area contributed by atoms with Gasteiger partial charge in [0.2, 0.25) is 0 Å². The van der Waals surface area contributed by atoms with E-state index in [0.29, 0.717) is 6.04 Å². The van der Waals surface area contributed by atoms with Crippen LogP contribution in [0.2, 0.25) is 0 Å². The van der Waals surface area contributed by atoms with E-state index in [1.807, 2.05) is 18.2 Å². The minimum absolute atomic E-state index is 0.154. The van der Waals surface area contributed by atoms with Gasteiger partial charge in [-0.1, -0.05) is 12.1 Å². The van der Waals surface area contributed by atoms with Crippen LogP contribution in [0.4, 0.5) is 16.0 Å². The fraction of sp³-hybridized carbons (Fsp3) is 0.545. The number of aromatic nitrogens is 2. The number of nitrogens with zero attached hydrogens (tertiary/aromatic N) is 4. The van der Waals surface area contributed by atoms with Crippen LogP contribution in [0.5, 0.6) is 0 Å². The highest BCUT2D eigenvalue weighted by Gasteiger charge is 2.24. The first-order valence-electron chi connectivity index (χ1n) is 10.6. The van der Waals surface area contributed by atoms with Gasteiger partial charge in [0.1, 0.15) is 23.8 Å². The number of likely N-dealkylation sites (tertiary alicyclic amines) is 1. The summed E-state index contributed by atoms with van der Waals surface area (Å²) in [5.74, 6) is 1.57. The lowest BCUT2D eigenvalue weighted by Crippen LogP contribution is -2.42. The van der Waals surface area contributed by atoms with Gasteiger partial charge >= 0.3 is 0 Å². The van der Waals surface area contributed by atoms with Crippen LogP contribution < -0.4 is 10.2 Å². The van der Waals surface area contributed by atoms with Crippen molar-refractivity contribution in [3.8, 4) is 0 Å². The fourth-order valence-corrected chi connectivity index (χ4v) is 4.37. The summed E-state index contributed by atoms with van der Waals surface area (Å²) in [5.41, 5.74) is 1.15. The topological polar surface area (TPSA) is 64.5 Å². The molecule has 1 aromatic carbocycles. The molecule has 0 amide bonds. The van der Waals surface area contributed by atoms with E-state index in [-0.39, 0.29) is 18.5 Å². The lowest BCUT2D eigenvalue weighted by Gasteiger charge is -2.36. The van der Waals surface area contributed by atoms with Crippen molar-refractivity contribution < 1.29 is 9.50 Å². The van der Waals surface area contributed by atoms with Gasteiger partial charge in [-0.15, -0.1) is 0 Å². The smallest absolute Gasteiger partial charge is 0.134 e. The highest BCUT2D eigenvalue weighted by atomic mass is 19.1. The zero-order valence-electron chi connectivity index (χ0n) is 16.8. The van der Waals surface area contributed by atoms with Gasteiger partial charge in [0.25, 0.3) is 0 Å². The highest BCUT2D eigenvalue weighted by Crippen LogP contribution is 2.25. The second kappa shape index (κ2) is 9.50. The fourth-order valence-electron chi connectivity index (χ4n) is 4.37. The highest BCUT2D eigenvalue weighted by molar-refractivity contribution is 5.50. The molecule has 2 saturated heterocycles. The number of halogens is 1. The molecule has 6 nitrogen and oxygen atoms in total. The van der Waals surface area contributed by atoms with Crippen molar-refractivity contribution in [2.24, 2.45) is 0 Å². The van der Waals surface area contributed by atoms with E-state index >= 15 is 0 Å². The van der Waals surface area contributed by atoms with Crippen LogP contribution >= 0.6 is 0 Å².